The van der Waals surface area contributed by atoms with Crippen molar-refractivity contribution in [3.63, 3.8) is 0 Å². The molecule has 0 radical (unpaired) electrons. The Kier molecular flexibility index (Phi) is 4.77. The third-order valence-corrected chi connectivity index (χ3v) is 3.06. The first-order valence-electron chi connectivity index (χ1n) is 6.57. The van der Waals surface area contributed by atoms with Gasteiger partial charge in [0.25, 0.3) is 5.91 Å². The number of hydrogen-bond acceptors (Lipinski definition) is 5. The molecule has 1 fully saturated rings. The number of rotatable bonds is 7. The zero-order chi connectivity index (χ0) is 15.3. The maximum absolute atomic E-state index is 11.9. The highest BCUT2D eigenvalue weighted by atomic mass is 16.5. The second-order valence-corrected chi connectivity index (χ2v) is 5.07. The van der Waals surface area contributed by atoms with Gasteiger partial charge in [0.2, 0.25) is 0 Å². The highest BCUT2D eigenvalue weighted by Crippen LogP contribution is 2.24. The minimum atomic E-state index is -1.08. The molecule has 0 unspecified atom stereocenters. The van der Waals surface area contributed by atoms with E-state index in [1.807, 2.05) is 6.92 Å². The van der Waals surface area contributed by atoms with Crippen molar-refractivity contribution < 1.29 is 24.2 Å². The van der Waals surface area contributed by atoms with Crippen molar-refractivity contribution in [2.75, 3.05) is 31.6 Å². The lowest BCUT2D eigenvalue weighted by atomic mass is 10.0. The standard InChI is InChI=1S/C14H18N2O5/c1-14(8-15-9-14)21-6-12(17)16-10-4-2-3-5-11(10)20-7-13(18)19/h2-5,15H,6-9H2,1H3,(H,16,17)(H,18,19). The molecule has 1 aromatic carbocycles. The lowest BCUT2D eigenvalue weighted by Crippen LogP contribution is -2.59. The van der Waals surface area contributed by atoms with Gasteiger partial charge in [-0.3, -0.25) is 4.79 Å². The molecule has 0 aromatic heterocycles. The number of hydrogen-bond donors (Lipinski definition) is 3. The summed E-state index contributed by atoms with van der Waals surface area (Å²) >= 11 is 0. The lowest BCUT2D eigenvalue weighted by Gasteiger charge is -2.38. The van der Waals surface area contributed by atoms with Gasteiger partial charge < -0.3 is 25.2 Å². The molecule has 0 spiro atoms. The zero-order valence-electron chi connectivity index (χ0n) is 11.7. The molecule has 21 heavy (non-hydrogen) atoms. The molecule has 114 valence electrons. The smallest absolute Gasteiger partial charge is 0.341 e. The Morgan fingerprint density at radius 2 is 2.05 bits per heavy atom. The molecule has 0 aliphatic carbocycles. The number of benzene rings is 1. The molecule has 1 amide bonds. The lowest BCUT2D eigenvalue weighted by molar-refractivity contribution is -0.139. The van der Waals surface area contributed by atoms with Crippen LogP contribution in [0.3, 0.4) is 0 Å². The molecule has 1 heterocycles. The summed E-state index contributed by atoms with van der Waals surface area (Å²) in [6.07, 6.45) is 0. The average molecular weight is 294 g/mol. The van der Waals surface area contributed by atoms with Gasteiger partial charge in [-0.05, 0) is 19.1 Å². The maximum atomic E-state index is 11.9. The first-order chi connectivity index (χ1) is 9.98. The van der Waals surface area contributed by atoms with Crippen molar-refractivity contribution in [3.8, 4) is 5.75 Å². The predicted octanol–water partition coefficient (Wildman–Crippen LogP) is 0.467. The largest absolute Gasteiger partial charge is 0.480 e. The minimum absolute atomic E-state index is 0.0640. The topological polar surface area (TPSA) is 96.9 Å². The van der Waals surface area contributed by atoms with Crippen LogP contribution in [0, 0.1) is 0 Å². The first kappa shape index (κ1) is 15.3. The fourth-order valence-corrected chi connectivity index (χ4v) is 1.84. The van der Waals surface area contributed by atoms with Crippen LogP contribution in [0.1, 0.15) is 6.92 Å². The van der Waals surface area contributed by atoms with E-state index >= 15 is 0 Å². The Morgan fingerprint density at radius 1 is 1.33 bits per heavy atom. The van der Waals surface area contributed by atoms with Gasteiger partial charge in [-0.15, -0.1) is 0 Å². The Bertz CT molecular complexity index is 528. The van der Waals surface area contributed by atoms with E-state index in [2.05, 4.69) is 10.6 Å². The van der Waals surface area contributed by atoms with Crippen LogP contribution in [0.4, 0.5) is 5.69 Å². The minimum Gasteiger partial charge on any atom is -0.480 e. The van der Waals surface area contributed by atoms with Crippen molar-refractivity contribution in [2.24, 2.45) is 0 Å². The summed E-state index contributed by atoms with van der Waals surface area (Å²) in [4.78, 5) is 22.4. The van der Waals surface area contributed by atoms with Gasteiger partial charge in [0, 0.05) is 13.1 Å². The van der Waals surface area contributed by atoms with Crippen molar-refractivity contribution in [3.05, 3.63) is 24.3 Å². The summed E-state index contributed by atoms with van der Waals surface area (Å²) in [5.74, 6) is -1.08. The van der Waals surface area contributed by atoms with Gasteiger partial charge in [-0.25, -0.2) is 4.79 Å². The average Bonchev–Trinajstić information content (AvgIpc) is 2.42. The van der Waals surface area contributed by atoms with Crippen LogP contribution in [0.15, 0.2) is 24.3 Å². The number of aliphatic carboxylic acids is 1. The van der Waals surface area contributed by atoms with Crippen molar-refractivity contribution in [2.45, 2.75) is 12.5 Å². The molecular formula is C14H18N2O5. The summed E-state index contributed by atoms with van der Waals surface area (Å²) in [5.41, 5.74) is 0.126. The van der Waals surface area contributed by atoms with Gasteiger partial charge in [0.15, 0.2) is 6.61 Å². The van der Waals surface area contributed by atoms with E-state index in [1.54, 1.807) is 24.3 Å². The van der Waals surface area contributed by atoms with Crippen molar-refractivity contribution in [1.82, 2.24) is 5.32 Å². The summed E-state index contributed by atoms with van der Waals surface area (Å²) in [6, 6.07) is 6.66. The molecule has 1 saturated heterocycles. The third kappa shape index (κ3) is 4.44. The van der Waals surface area contributed by atoms with Gasteiger partial charge >= 0.3 is 5.97 Å². The van der Waals surface area contributed by atoms with Gasteiger partial charge in [-0.1, -0.05) is 12.1 Å². The number of carbonyl (C=O) groups is 2. The van der Waals surface area contributed by atoms with Crippen LogP contribution in [0.25, 0.3) is 0 Å². The molecule has 0 bridgehead atoms. The van der Waals surface area contributed by atoms with E-state index in [4.69, 9.17) is 14.6 Å². The molecule has 1 aliphatic heterocycles. The molecule has 1 aliphatic rings. The number of anilines is 1. The highest BCUT2D eigenvalue weighted by Gasteiger charge is 2.33. The van der Waals surface area contributed by atoms with E-state index in [-0.39, 0.29) is 18.1 Å². The van der Waals surface area contributed by atoms with Gasteiger partial charge in [0.1, 0.15) is 12.4 Å². The van der Waals surface area contributed by atoms with E-state index in [0.29, 0.717) is 11.4 Å². The maximum Gasteiger partial charge on any atom is 0.341 e. The van der Waals surface area contributed by atoms with E-state index < -0.39 is 12.6 Å². The van der Waals surface area contributed by atoms with E-state index in [0.717, 1.165) is 13.1 Å². The van der Waals surface area contributed by atoms with Crippen LogP contribution in [-0.2, 0) is 14.3 Å². The van der Waals surface area contributed by atoms with Crippen LogP contribution in [0.2, 0.25) is 0 Å². The number of carbonyl (C=O) groups excluding carboxylic acids is 1. The summed E-state index contributed by atoms with van der Waals surface area (Å²) < 4.78 is 10.6. The number of nitrogens with one attached hydrogen (secondary N) is 2. The van der Waals surface area contributed by atoms with Crippen LogP contribution in [0.5, 0.6) is 5.75 Å². The Balaban J connectivity index is 1.89. The van der Waals surface area contributed by atoms with Crippen LogP contribution >= 0.6 is 0 Å². The fourth-order valence-electron chi connectivity index (χ4n) is 1.84. The fraction of sp³-hybridized carbons (Fsp3) is 0.429. The SMILES string of the molecule is CC1(OCC(=O)Nc2ccccc2OCC(=O)O)CNC1. The summed E-state index contributed by atoms with van der Waals surface area (Å²) in [7, 11) is 0. The highest BCUT2D eigenvalue weighted by molar-refractivity contribution is 5.93. The molecule has 3 N–H and O–H groups in total. The number of carboxylic acids is 1. The molecule has 0 atom stereocenters. The van der Waals surface area contributed by atoms with Crippen molar-refractivity contribution in [1.29, 1.82) is 0 Å². The number of amides is 1. The molecule has 7 nitrogen and oxygen atoms in total. The third-order valence-electron chi connectivity index (χ3n) is 3.06. The number of para-hydroxylation sites is 2. The monoisotopic (exact) mass is 294 g/mol. The second kappa shape index (κ2) is 6.55. The first-order valence-corrected chi connectivity index (χ1v) is 6.57. The quantitative estimate of drug-likeness (QED) is 0.676. The van der Waals surface area contributed by atoms with Crippen molar-refractivity contribution >= 4 is 17.6 Å². The molecule has 0 saturated carbocycles. The van der Waals surface area contributed by atoms with Crippen LogP contribution < -0.4 is 15.4 Å². The normalized spacial score (nSPS) is 15.9. The second-order valence-electron chi connectivity index (χ2n) is 5.07. The predicted molar refractivity (Wildman–Crippen MR) is 75.4 cm³/mol. The Morgan fingerprint density at radius 3 is 2.67 bits per heavy atom. The molecule has 1 aromatic rings. The van der Waals surface area contributed by atoms with Gasteiger partial charge in [0.05, 0.1) is 11.3 Å². The van der Waals surface area contributed by atoms with E-state index in [9.17, 15) is 9.59 Å². The molecule has 7 heteroatoms. The molecule has 2 rings (SSSR count). The van der Waals surface area contributed by atoms with Gasteiger partial charge in [-0.2, -0.15) is 0 Å². The Labute approximate surface area is 122 Å². The molecular weight excluding hydrogens is 276 g/mol. The number of ether oxygens (including phenoxy) is 2. The summed E-state index contributed by atoms with van der Waals surface area (Å²) in [6.45, 7) is 2.84. The van der Waals surface area contributed by atoms with E-state index in [1.165, 1.54) is 0 Å². The Hall–Kier alpha value is -2.12. The van der Waals surface area contributed by atoms with Crippen LogP contribution in [-0.4, -0.2) is 48.9 Å². The summed E-state index contributed by atoms with van der Waals surface area (Å²) in [5, 5.41) is 14.3. The zero-order valence-corrected chi connectivity index (χ0v) is 11.7. The number of carboxylic acid groups (broad SMARTS) is 1.